The molecule has 1 aliphatic heterocycles. The molecule has 5 nitrogen and oxygen atoms in total. The van der Waals surface area contributed by atoms with Gasteiger partial charge in [-0.3, -0.25) is 4.79 Å². The normalized spacial score (nSPS) is 14.7. The van der Waals surface area contributed by atoms with Crippen LogP contribution in [0.3, 0.4) is 0 Å². The van der Waals surface area contributed by atoms with Gasteiger partial charge in [-0.2, -0.15) is 0 Å². The van der Waals surface area contributed by atoms with E-state index in [9.17, 15) is 4.79 Å². The maximum atomic E-state index is 11.3. The van der Waals surface area contributed by atoms with Gasteiger partial charge in [0.1, 0.15) is 5.75 Å². The van der Waals surface area contributed by atoms with Gasteiger partial charge in [0.25, 0.3) is 0 Å². The molecule has 0 aliphatic carbocycles. The second-order valence-corrected chi connectivity index (χ2v) is 6.66. The Morgan fingerprint density at radius 1 is 1.00 bits per heavy atom. The summed E-state index contributed by atoms with van der Waals surface area (Å²) < 4.78 is 7.50. The number of ether oxygens (including phenoxy) is 1. The van der Waals surface area contributed by atoms with Crippen LogP contribution < -0.4 is 14.5 Å². The number of carbonyl (C=O) groups is 1. The lowest BCUT2D eigenvalue weighted by Gasteiger charge is -2.37. The molecule has 1 aromatic heterocycles. The topological polar surface area (TPSA) is 37.7 Å². The van der Waals surface area contributed by atoms with Gasteiger partial charge in [0.05, 0.1) is 12.8 Å². The predicted octanol–water partition coefficient (Wildman–Crippen LogP) is 3.33. The number of aryl methyl sites for hydroxylation is 1. The van der Waals surface area contributed by atoms with E-state index in [4.69, 9.17) is 4.74 Å². The van der Waals surface area contributed by atoms with Gasteiger partial charge in [-0.15, -0.1) is 0 Å². The number of aromatic nitrogens is 1. The molecule has 0 bridgehead atoms. The standard InChI is InChI=1S/C21H23N3O2/c1-22-14-16(15-25)18-13-17(7-8-19(18)22)23-9-11-24(12-10-23)20-5-3-4-6-21(20)26-2/h3-8,13-15H,9-12H2,1-2H3. The van der Waals surface area contributed by atoms with Crippen LogP contribution in [0.4, 0.5) is 11.4 Å². The second kappa shape index (κ2) is 6.75. The summed E-state index contributed by atoms with van der Waals surface area (Å²) in [4.78, 5) is 16.1. The average molecular weight is 349 g/mol. The lowest BCUT2D eigenvalue weighted by atomic mass is 10.1. The minimum atomic E-state index is 0.747. The average Bonchev–Trinajstić information content (AvgIpc) is 3.03. The van der Waals surface area contributed by atoms with Gasteiger partial charge >= 0.3 is 0 Å². The van der Waals surface area contributed by atoms with Gasteiger partial charge in [0.2, 0.25) is 0 Å². The number of aldehydes is 1. The van der Waals surface area contributed by atoms with Crippen molar-refractivity contribution in [2.45, 2.75) is 0 Å². The van der Waals surface area contributed by atoms with Crippen LogP contribution in [0.5, 0.6) is 5.75 Å². The summed E-state index contributed by atoms with van der Waals surface area (Å²) in [6, 6.07) is 14.6. The third kappa shape index (κ3) is 2.79. The van der Waals surface area contributed by atoms with Crippen molar-refractivity contribution < 1.29 is 9.53 Å². The van der Waals surface area contributed by atoms with Crippen LogP contribution in [0.2, 0.25) is 0 Å². The van der Waals surface area contributed by atoms with E-state index in [0.717, 1.165) is 60.4 Å². The number of methoxy groups -OCH3 is 1. The predicted molar refractivity (Wildman–Crippen MR) is 106 cm³/mol. The molecular weight excluding hydrogens is 326 g/mol. The molecule has 0 amide bonds. The molecule has 0 spiro atoms. The molecular formula is C21H23N3O2. The number of hydrogen-bond acceptors (Lipinski definition) is 4. The third-order valence-corrected chi connectivity index (χ3v) is 5.20. The lowest BCUT2D eigenvalue weighted by Crippen LogP contribution is -2.46. The molecule has 1 aliphatic rings. The first-order valence-corrected chi connectivity index (χ1v) is 8.88. The van der Waals surface area contributed by atoms with Crippen molar-refractivity contribution in [3.05, 3.63) is 54.2 Å². The summed E-state index contributed by atoms with van der Waals surface area (Å²) in [7, 11) is 3.69. The van der Waals surface area contributed by atoms with E-state index in [1.165, 1.54) is 5.69 Å². The van der Waals surface area contributed by atoms with Gasteiger partial charge in [0.15, 0.2) is 6.29 Å². The highest BCUT2D eigenvalue weighted by atomic mass is 16.5. The van der Waals surface area contributed by atoms with Crippen molar-refractivity contribution in [3.63, 3.8) is 0 Å². The fourth-order valence-corrected chi connectivity index (χ4v) is 3.80. The van der Waals surface area contributed by atoms with Crippen LogP contribution in [0, 0.1) is 0 Å². The van der Waals surface area contributed by atoms with Gasteiger partial charge < -0.3 is 19.1 Å². The number of carbonyl (C=O) groups excluding carboxylic acids is 1. The van der Waals surface area contributed by atoms with E-state index in [-0.39, 0.29) is 0 Å². The maximum absolute atomic E-state index is 11.3. The Bertz CT molecular complexity index is 940. The number of para-hydroxylation sites is 2. The molecule has 0 radical (unpaired) electrons. The highest BCUT2D eigenvalue weighted by Gasteiger charge is 2.20. The SMILES string of the molecule is COc1ccccc1N1CCN(c2ccc3c(c2)c(C=O)cn3C)CC1. The van der Waals surface area contributed by atoms with Crippen molar-refractivity contribution in [2.24, 2.45) is 7.05 Å². The Balaban J connectivity index is 1.55. The Kier molecular flexibility index (Phi) is 4.29. The third-order valence-electron chi connectivity index (χ3n) is 5.20. The number of benzene rings is 2. The summed E-state index contributed by atoms with van der Waals surface area (Å²) in [5, 5.41) is 1.02. The van der Waals surface area contributed by atoms with Crippen LogP contribution >= 0.6 is 0 Å². The Morgan fingerprint density at radius 2 is 1.73 bits per heavy atom. The van der Waals surface area contributed by atoms with E-state index >= 15 is 0 Å². The summed E-state index contributed by atoms with van der Waals surface area (Å²) in [6.07, 6.45) is 2.83. The Hall–Kier alpha value is -2.95. The second-order valence-electron chi connectivity index (χ2n) is 6.66. The van der Waals surface area contributed by atoms with Crippen LogP contribution in [-0.2, 0) is 7.05 Å². The van der Waals surface area contributed by atoms with Gasteiger partial charge in [-0.1, -0.05) is 12.1 Å². The number of nitrogens with zero attached hydrogens (tertiary/aromatic N) is 3. The van der Waals surface area contributed by atoms with Gasteiger partial charge in [-0.25, -0.2) is 0 Å². The lowest BCUT2D eigenvalue weighted by molar-refractivity contribution is 0.112. The van der Waals surface area contributed by atoms with Crippen molar-refractivity contribution in [3.8, 4) is 5.75 Å². The number of fused-ring (bicyclic) bond motifs is 1. The van der Waals surface area contributed by atoms with E-state index in [1.807, 2.05) is 29.9 Å². The monoisotopic (exact) mass is 349 g/mol. The van der Waals surface area contributed by atoms with Crippen LogP contribution in [0.1, 0.15) is 10.4 Å². The smallest absolute Gasteiger partial charge is 0.152 e. The molecule has 134 valence electrons. The molecule has 3 aromatic rings. The highest BCUT2D eigenvalue weighted by molar-refractivity contribution is 5.99. The van der Waals surface area contributed by atoms with E-state index in [2.05, 4.69) is 40.1 Å². The number of rotatable bonds is 4. The molecule has 5 heteroatoms. The first-order chi connectivity index (χ1) is 12.7. The summed E-state index contributed by atoms with van der Waals surface area (Å²) in [6.45, 7) is 3.75. The van der Waals surface area contributed by atoms with Crippen LogP contribution in [-0.4, -0.2) is 44.1 Å². The number of hydrogen-bond donors (Lipinski definition) is 0. The first-order valence-electron chi connectivity index (χ1n) is 8.88. The highest BCUT2D eigenvalue weighted by Crippen LogP contribution is 2.30. The number of piperazine rings is 1. The van der Waals surface area contributed by atoms with E-state index in [1.54, 1.807) is 7.11 Å². The molecule has 4 rings (SSSR count). The van der Waals surface area contributed by atoms with E-state index in [0.29, 0.717) is 0 Å². The zero-order valence-corrected chi connectivity index (χ0v) is 15.2. The largest absolute Gasteiger partial charge is 0.495 e. The zero-order chi connectivity index (χ0) is 18.1. The fourth-order valence-electron chi connectivity index (χ4n) is 3.80. The zero-order valence-electron chi connectivity index (χ0n) is 15.2. The minimum absolute atomic E-state index is 0.747. The van der Waals surface area contributed by atoms with Crippen molar-refractivity contribution in [1.29, 1.82) is 0 Å². The van der Waals surface area contributed by atoms with Crippen molar-refractivity contribution >= 4 is 28.6 Å². The molecule has 0 saturated carbocycles. The molecule has 2 aromatic carbocycles. The summed E-state index contributed by atoms with van der Waals surface area (Å²) in [5.41, 5.74) is 4.16. The fraction of sp³-hybridized carbons (Fsp3) is 0.286. The van der Waals surface area contributed by atoms with E-state index < -0.39 is 0 Å². The summed E-state index contributed by atoms with van der Waals surface area (Å²) in [5.74, 6) is 0.919. The minimum Gasteiger partial charge on any atom is -0.495 e. The molecule has 1 saturated heterocycles. The number of anilines is 2. The van der Waals surface area contributed by atoms with Crippen LogP contribution in [0.25, 0.3) is 10.9 Å². The molecule has 0 atom stereocenters. The van der Waals surface area contributed by atoms with Gasteiger partial charge in [-0.05, 0) is 30.3 Å². The van der Waals surface area contributed by atoms with Gasteiger partial charge in [0, 0.05) is 61.6 Å². The molecule has 0 unspecified atom stereocenters. The van der Waals surface area contributed by atoms with Crippen molar-refractivity contribution in [1.82, 2.24) is 4.57 Å². The molecule has 0 N–H and O–H groups in total. The summed E-state index contributed by atoms with van der Waals surface area (Å²) >= 11 is 0. The van der Waals surface area contributed by atoms with Crippen LogP contribution in [0.15, 0.2) is 48.7 Å². The Morgan fingerprint density at radius 3 is 2.46 bits per heavy atom. The first kappa shape index (κ1) is 16.5. The maximum Gasteiger partial charge on any atom is 0.152 e. The molecule has 1 fully saturated rings. The molecule has 26 heavy (non-hydrogen) atoms. The molecule has 2 heterocycles. The van der Waals surface area contributed by atoms with Crippen molar-refractivity contribution in [2.75, 3.05) is 43.1 Å². The quantitative estimate of drug-likeness (QED) is 0.677. The Labute approximate surface area is 153 Å².